The molecule has 0 heterocycles. The van der Waals surface area contributed by atoms with E-state index in [4.69, 9.17) is 16.3 Å². The van der Waals surface area contributed by atoms with E-state index in [-0.39, 0.29) is 16.3 Å². The lowest BCUT2D eigenvalue weighted by atomic mass is 10.0. The van der Waals surface area contributed by atoms with Crippen LogP contribution >= 0.6 is 11.6 Å². The van der Waals surface area contributed by atoms with Crippen molar-refractivity contribution >= 4 is 33.2 Å². The fourth-order valence-electron chi connectivity index (χ4n) is 3.17. The van der Waals surface area contributed by atoms with Crippen molar-refractivity contribution in [2.75, 3.05) is 19.5 Å². The number of methoxy groups -OCH3 is 1. The average Bonchev–Trinajstić information content (AvgIpc) is 2.80. The van der Waals surface area contributed by atoms with E-state index in [1.165, 1.54) is 42.7 Å². The molecule has 0 radical (unpaired) electrons. The Bertz CT molecular complexity index is 1190. The summed E-state index contributed by atoms with van der Waals surface area (Å²) in [6.45, 7) is 0. The van der Waals surface area contributed by atoms with Crippen LogP contribution in [-0.2, 0) is 14.8 Å². The second kappa shape index (κ2) is 10.1. The van der Waals surface area contributed by atoms with Crippen molar-refractivity contribution < 1.29 is 22.3 Å². The van der Waals surface area contributed by atoms with Crippen LogP contribution in [0, 0.1) is 5.82 Å². The van der Waals surface area contributed by atoms with Crippen molar-refractivity contribution in [3.05, 3.63) is 89.2 Å². The third kappa shape index (κ3) is 5.45. The first-order valence-corrected chi connectivity index (χ1v) is 11.5. The molecule has 0 bridgehead atoms. The van der Waals surface area contributed by atoms with Crippen molar-refractivity contribution in [1.82, 2.24) is 4.31 Å². The van der Waals surface area contributed by atoms with Crippen LogP contribution in [-0.4, -0.2) is 32.8 Å². The van der Waals surface area contributed by atoms with Crippen LogP contribution in [0.5, 0.6) is 5.75 Å². The highest BCUT2D eigenvalue weighted by molar-refractivity contribution is 7.89. The molecule has 0 saturated carbocycles. The van der Waals surface area contributed by atoms with Gasteiger partial charge in [0.2, 0.25) is 15.9 Å². The number of halogens is 2. The van der Waals surface area contributed by atoms with Gasteiger partial charge in [0, 0.05) is 19.2 Å². The van der Waals surface area contributed by atoms with Crippen molar-refractivity contribution in [1.29, 1.82) is 0 Å². The minimum absolute atomic E-state index is 0.117. The van der Waals surface area contributed by atoms with Crippen molar-refractivity contribution in [2.24, 2.45) is 0 Å². The lowest BCUT2D eigenvalue weighted by Gasteiger charge is -2.28. The van der Waals surface area contributed by atoms with Gasteiger partial charge in [0.1, 0.15) is 11.6 Å². The van der Waals surface area contributed by atoms with E-state index < -0.39 is 27.8 Å². The van der Waals surface area contributed by atoms with Gasteiger partial charge < -0.3 is 10.1 Å². The molecule has 1 N–H and O–H groups in total. The van der Waals surface area contributed by atoms with Gasteiger partial charge in [-0.1, -0.05) is 41.9 Å². The molecule has 0 aliphatic heterocycles. The van der Waals surface area contributed by atoms with Gasteiger partial charge in [0.05, 0.1) is 23.1 Å². The molecule has 3 aromatic carbocycles. The van der Waals surface area contributed by atoms with E-state index in [0.29, 0.717) is 17.0 Å². The molecule has 168 valence electrons. The molecule has 1 atom stereocenters. The fraction of sp³-hybridized carbons (Fsp3) is 0.174. The molecule has 0 saturated heterocycles. The van der Waals surface area contributed by atoms with Crippen LogP contribution < -0.4 is 10.1 Å². The summed E-state index contributed by atoms with van der Waals surface area (Å²) in [7, 11) is -0.924. The molecule has 3 rings (SSSR count). The molecule has 1 amide bonds. The second-order valence-corrected chi connectivity index (χ2v) is 9.41. The van der Waals surface area contributed by atoms with Gasteiger partial charge in [-0.05, 0) is 48.0 Å². The van der Waals surface area contributed by atoms with Gasteiger partial charge in [-0.15, -0.1) is 0 Å². The van der Waals surface area contributed by atoms with Crippen molar-refractivity contribution in [2.45, 2.75) is 17.4 Å². The van der Waals surface area contributed by atoms with Gasteiger partial charge in [-0.3, -0.25) is 4.79 Å². The molecule has 0 aliphatic rings. The predicted molar refractivity (Wildman–Crippen MR) is 122 cm³/mol. The Hall–Kier alpha value is -2.94. The summed E-state index contributed by atoms with van der Waals surface area (Å²) in [5.74, 6) is -0.454. The maximum atomic E-state index is 13.4. The average molecular weight is 477 g/mol. The fourth-order valence-corrected chi connectivity index (χ4v) is 4.72. The standard InChI is InChI=1S/C23H22ClFN2O4S/c1-27(32(29,30)19-6-4-3-5-7-19)22(16-8-11-18(31-2)12-9-16)15-23(28)26-17-10-13-21(25)20(24)14-17/h3-14,22H,15H2,1-2H3,(H,26,28)/t22-/m0/s1. The highest BCUT2D eigenvalue weighted by Crippen LogP contribution is 2.30. The third-order valence-electron chi connectivity index (χ3n) is 4.94. The summed E-state index contributed by atoms with van der Waals surface area (Å²) in [6, 6.07) is 17.8. The lowest BCUT2D eigenvalue weighted by molar-refractivity contribution is -0.117. The Balaban J connectivity index is 1.91. The highest BCUT2D eigenvalue weighted by Gasteiger charge is 2.31. The molecular formula is C23H22ClFN2O4S. The Morgan fingerprint density at radius 1 is 1.09 bits per heavy atom. The quantitative estimate of drug-likeness (QED) is 0.503. The number of benzene rings is 3. The third-order valence-corrected chi connectivity index (χ3v) is 7.11. The SMILES string of the molecule is COc1ccc([C@H](CC(=O)Nc2ccc(F)c(Cl)c2)N(C)S(=O)(=O)c2ccccc2)cc1. The number of amides is 1. The summed E-state index contributed by atoms with van der Waals surface area (Å²) in [4.78, 5) is 12.9. The monoisotopic (exact) mass is 476 g/mol. The zero-order valence-electron chi connectivity index (χ0n) is 17.5. The number of hydrogen-bond acceptors (Lipinski definition) is 4. The summed E-state index contributed by atoms with van der Waals surface area (Å²) in [5.41, 5.74) is 0.920. The van der Waals surface area contributed by atoms with Gasteiger partial charge in [-0.2, -0.15) is 4.31 Å². The zero-order chi connectivity index (χ0) is 23.3. The highest BCUT2D eigenvalue weighted by atomic mass is 35.5. The molecule has 9 heteroatoms. The number of nitrogens with one attached hydrogen (secondary N) is 1. The van der Waals surface area contributed by atoms with Crippen LogP contribution in [0.2, 0.25) is 5.02 Å². The van der Waals surface area contributed by atoms with E-state index in [2.05, 4.69) is 5.32 Å². The number of hydrogen-bond donors (Lipinski definition) is 1. The minimum atomic E-state index is -3.88. The van der Waals surface area contributed by atoms with Crippen LogP contribution in [0.15, 0.2) is 77.7 Å². The summed E-state index contributed by atoms with van der Waals surface area (Å²) in [6.07, 6.45) is -0.177. The van der Waals surface area contributed by atoms with Crippen LogP contribution in [0.4, 0.5) is 10.1 Å². The van der Waals surface area contributed by atoms with Crippen LogP contribution in [0.25, 0.3) is 0 Å². The van der Waals surface area contributed by atoms with Gasteiger partial charge in [0.25, 0.3) is 0 Å². The van der Waals surface area contributed by atoms with E-state index in [9.17, 15) is 17.6 Å². The zero-order valence-corrected chi connectivity index (χ0v) is 19.0. The van der Waals surface area contributed by atoms with Gasteiger partial charge in [-0.25, -0.2) is 12.8 Å². The van der Waals surface area contributed by atoms with Gasteiger partial charge >= 0.3 is 0 Å². The van der Waals surface area contributed by atoms with Crippen LogP contribution in [0.3, 0.4) is 0 Å². The maximum Gasteiger partial charge on any atom is 0.243 e. The van der Waals surface area contributed by atoms with E-state index in [1.807, 2.05) is 0 Å². The van der Waals surface area contributed by atoms with Crippen LogP contribution in [0.1, 0.15) is 18.0 Å². The number of carbonyl (C=O) groups is 1. The molecule has 6 nitrogen and oxygen atoms in total. The second-order valence-electron chi connectivity index (χ2n) is 7.00. The Kier molecular flexibility index (Phi) is 7.50. The molecule has 0 aliphatic carbocycles. The smallest absolute Gasteiger partial charge is 0.243 e. The van der Waals surface area contributed by atoms with E-state index in [1.54, 1.807) is 42.5 Å². The van der Waals surface area contributed by atoms with E-state index in [0.717, 1.165) is 6.07 Å². The molecular weight excluding hydrogens is 455 g/mol. The first-order valence-electron chi connectivity index (χ1n) is 9.64. The Morgan fingerprint density at radius 3 is 2.34 bits per heavy atom. The Morgan fingerprint density at radius 2 is 1.75 bits per heavy atom. The topological polar surface area (TPSA) is 75.7 Å². The first-order chi connectivity index (χ1) is 15.2. The largest absolute Gasteiger partial charge is 0.497 e. The number of nitrogens with zero attached hydrogens (tertiary/aromatic N) is 1. The number of carbonyl (C=O) groups excluding carboxylic acids is 1. The summed E-state index contributed by atoms with van der Waals surface area (Å²) in [5, 5.41) is 2.52. The molecule has 0 spiro atoms. The van der Waals surface area contributed by atoms with E-state index >= 15 is 0 Å². The first kappa shape index (κ1) is 23.7. The lowest BCUT2D eigenvalue weighted by Crippen LogP contribution is -2.33. The maximum absolute atomic E-state index is 13.4. The normalized spacial score (nSPS) is 12.4. The predicted octanol–water partition coefficient (Wildman–Crippen LogP) is 4.88. The molecule has 0 aromatic heterocycles. The number of rotatable bonds is 8. The number of sulfonamides is 1. The van der Waals surface area contributed by atoms with Crippen molar-refractivity contribution in [3.63, 3.8) is 0 Å². The van der Waals surface area contributed by atoms with Crippen molar-refractivity contribution in [3.8, 4) is 5.75 Å². The number of anilines is 1. The summed E-state index contributed by atoms with van der Waals surface area (Å²) >= 11 is 5.78. The summed E-state index contributed by atoms with van der Waals surface area (Å²) < 4.78 is 46.1. The minimum Gasteiger partial charge on any atom is -0.497 e. The van der Waals surface area contributed by atoms with Gasteiger partial charge in [0.15, 0.2) is 0 Å². The molecule has 3 aromatic rings. The molecule has 32 heavy (non-hydrogen) atoms. The molecule has 0 unspecified atom stereocenters. The Labute approximate surface area is 191 Å². The molecule has 0 fully saturated rings. The number of ether oxygens (including phenoxy) is 1.